The summed E-state index contributed by atoms with van der Waals surface area (Å²) < 4.78 is 0. The minimum atomic E-state index is -1.14. The van der Waals surface area contributed by atoms with Crippen molar-refractivity contribution in [3.05, 3.63) is 0 Å². The number of rotatable bonds is 9. The number of carbonyl (C=O) groups excluding carboxylic acids is 3. The summed E-state index contributed by atoms with van der Waals surface area (Å²) in [5, 5.41) is 13.7. The highest BCUT2D eigenvalue weighted by atomic mass is 32.2. The second-order valence-corrected chi connectivity index (χ2v) is 6.91. The van der Waals surface area contributed by atoms with Crippen LogP contribution in [0.4, 0.5) is 0 Å². The van der Waals surface area contributed by atoms with Gasteiger partial charge >= 0.3 is 5.97 Å². The highest BCUT2D eigenvalue weighted by Crippen LogP contribution is 2.17. The molecule has 0 aromatic carbocycles. The van der Waals surface area contributed by atoms with Crippen molar-refractivity contribution in [2.75, 3.05) is 25.1 Å². The van der Waals surface area contributed by atoms with Gasteiger partial charge in [0.1, 0.15) is 12.1 Å². The number of hydrogen-bond donors (Lipinski definition) is 4. The molecule has 0 saturated carbocycles. The van der Waals surface area contributed by atoms with Crippen molar-refractivity contribution in [2.45, 2.75) is 44.3 Å². The molecule has 1 aliphatic rings. The highest BCUT2D eigenvalue weighted by molar-refractivity contribution is 7.98. The van der Waals surface area contributed by atoms with E-state index in [1.165, 1.54) is 11.8 Å². The zero-order chi connectivity index (χ0) is 19.0. The van der Waals surface area contributed by atoms with Crippen LogP contribution in [0.5, 0.6) is 0 Å². The van der Waals surface area contributed by atoms with Crippen LogP contribution in [-0.4, -0.2) is 76.9 Å². The lowest BCUT2D eigenvalue weighted by Gasteiger charge is -2.25. The van der Waals surface area contributed by atoms with Gasteiger partial charge in [0.2, 0.25) is 17.7 Å². The van der Waals surface area contributed by atoms with E-state index >= 15 is 0 Å². The summed E-state index contributed by atoms with van der Waals surface area (Å²) in [6, 6.07) is -2.41. The molecule has 5 N–H and O–H groups in total. The van der Waals surface area contributed by atoms with Gasteiger partial charge in [-0.25, -0.2) is 0 Å². The van der Waals surface area contributed by atoms with Crippen molar-refractivity contribution in [3.63, 3.8) is 0 Å². The molecule has 142 valence electrons. The molecule has 0 aromatic rings. The van der Waals surface area contributed by atoms with Crippen molar-refractivity contribution in [3.8, 4) is 0 Å². The lowest BCUT2D eigenvalue weighted by atomic mass is 10.2. The summed E-state index contributed by atoms with van der Waals surface area (Å²) in [7, 11) is 0. The van der Waals surface area contributed by atoms with Gasteiger partial charge in [0.05, 0.1) is 12.6 Å². The Balaban J connectivity index is 2.52. The first kappa shape index (κ1) is 21.2. The molecule has 1 aliphatic heterocycles. The number of amides is 3. The number of thioether (sulfide) groups is 1. The number of aliphatic carboxylic acids is 1. The molecule has 3 atom stereocenters. The fourth-order valence-electron chi connectivity index (χ4n) is 2.48. The zero-order valence-corrected chi connectivity index (χ0v) is 15.3. The molecular formula is C15H26N4O5S. The van der Waals surface area contributed by atoms with E-state index in [9.17, 15) is 19.2 Å². The summed E-state index contributed by atoms with van der Waals surface area (Å²) in [6.45, 7) is 1.52. The average molecular weight is 374 g/mol. The standard InChI is InChI=1S/C15H26N4O5S/c1-9(15(23)24)18-14(22)11-4-3-6-19(11)12(20)8-17-13(21)10(16)5-7-25-2/h9-11H,3-8,16H2,1-2H3,(H,17,21)(H,18,22)(H,23,24). The van der Waals surface area contributed by atoms with E-state index in [-0.39, 0.29) is 12.5 Å². The summed E-state index contributed by atoms with van der Waals surface area (Å²) in [6.07, 6.45) is 3.54. The Morgan fingerprint density at radius 1 is 1.36 bits per heavy atom. The monoisotopic (exact) mass is 374 g/mol. The van der Waals surface area contributed by atoms with Crippen LogP contribution >= 0.6 is 11.8 Å². The fourth-order valence-corrected chi connectivity index (χ4v) is 2.97. The van der Waals surface area contributed by atoms with E-state index in [4.69, 9.17) is 10.8 Å². The number of carboxylic acid groups (broad SMARTS) is 1. The SMILES string of the molecule is CSCCC(N)C(=O)NCC(=O)N1CCCC1C(=O)NC(C)C(=O)O. The van der Waals surface area contributed by atoms with Crippen LogP contribution in [0.1, 0.15) is 26.2 Å². The molecule has 1 rings (SSSR count). The third-order valence-corrected chi connectivity index (χ3v) is 4.63. The van der Waals surface area contributed by atoms with Crippen LogP contribution in [0, 0.1) is 0 Å². The van der Waals surface area contributed by atoms with E-state index in [0.717, 1.165) is 5.75 Å². The molecule has 10 heteroatoms. The Morgan fingerprint density at radius 2 is 2.04 bits per heavy atom. The van der Waals surface area contributed by atoms with E-state index in [1.54, 1.807) is 11.8 Å². The van der Waals surface area contributed by atoms with Crippen LogP contribution in [0.25, 0.3) is 0 Å². The lowest BCUT2D eigenvalue weighted by molar-refractivity contribution is -0.143. The highest BCUT2D eigenvalue weighted by Gasteiger charge is 2.35. The van der Waals surface area contributed by atoms with Gasteiger partial charge in [-0.2, -0.15) is 11.8 Å². The number of likely N-dealkylation sites (tertiary alicyclic amines) is 1. The third kappa shape index (κ3) is 6.54. The normalized spacial score (nSPS) is 19.2. The van der Waals surface area contributed by atoms with E-state index in [0.29, 0.717) is 25.8 Å². The largest absolute Gasteiger partial charge is 0.480 e. The van der Waals surface area contributed by atoms with Gasteiger partial charge < -0.3 is 26.4 Å². The molecule has 0 aliphatic carbocycles. The zero-order valence-electron chi connectivity index (χ0n) is 14.5. The third-order valence-electron chi connectivity index (χ3n) is 3.99. The quantitative estimate of drug-likeness (QED) is 0.395. The average Bonchev–Trinajstić information content (AvgIpc) is 3.06. The molecule has 1 heterocycles. The summed E-state index contributed by atoms with van der Waals surface area (Å²) in [4.78, 5) is 48.5. The molecule has 0 aromatic heterocycles. The number of nitrogens with two attached hydrogens (primary N) is 1. The molecule has 3 unspecified atom stereocenters. The van der Waals surface area contributed by atoms with Crippen molar-refractivity contribution in [2.24, 2.45) is 5.73 Å². The molecule has 1 saturated heterocycles. The maximum absolute atomic E-state index is 12.3. The topological polar surface area (TPSA) is 142 Å². The van der Waals surface area contributed by atoms with Crippen molar-refractivity contribution >= 4 is 35.5 Å². The summed E-state index contributed by atoms with van der Waals surface area (Å²) in [5.74, 6) is -1.67. The van der Waals surface area contributed by atoms with Gasteiger partial charge in [-0.05, 0) is 38.2 Å². The van der Waals surface area contributed by atoms with Gasteiger partial charge in [0.25, 0.3) is 0 Å². The second kappa shape index (κ2) is 10.2. The van der Waals surface area contributed by atoms with Crippen LogP contribution in [0.15, 0.2) is 0 Å². The first-order chi connectivity index (χ1) is 11.8. The predicted molar refractivity (Wildman–Crippen MR) is 94.0 cm³/mol. The van der Waals surface area contributed by atoms with Crippen molar-refractivity contribution in [1.82, 2.24) is 15.5 Å². The minimum Gasteiger partial charge on any atom is -0.480 e. The second-order valence-electron chi connectivity index (χ2n) is 5.92. The van der Waals surface area contributed by atoms with Crippen LogP contribution in [0.2, 0.25) is 0 Å². The molecule has 3 amide bonds. The van der Waals surface area contributed by atoms with Gasteiger partial charge in [-0.15, -0.1) is 0 Å². The van der Waals surface area contributed by atoms with Crippen LogP contribution in [0.3, 0.4) is 0 Å². The van der Waals surface area contributed by atoms with Crippen molar-refractivity contribution in [1.29, 1.82) is 0 Å². The predicted octanol–water partition coefficient (Wildman–Crippen LogP) is -1.24. The molecular weight excluding hydrogens is 348 g/mol. The summed E-state index contributed by atoms with van der Waals surface area (Å²) in [5.41, 5.74) is 5.73. The smallest absolute Gasteiger partial charge is 0.325 e. The van der Waals surface area contributed by atoms with E-state index < -0.39 is 35.9 Å². The maximum atomic E-state index is 12.3. The van der Waals surface area contributed by atoms with Crippen LogP contribution in [-0.2, 0) is 19.2 Å². The number of nitrogens with zero attached hydrogens (tertiary/aromatic N) is 1. The van der Waals surface area contributed by atoms with Gasteiger partial charge in [-0.3, -0.25) is 19.2 Å². The maximum Gasteiger partial charge on any atom is 0.325 e. The van der Waals surface area contributed by atoms with Gasteiger partial charge in [-0.1, -0.05) is 0 Å². The molecule has 0 radical (unpaired) electrons. The Bertz CT molecular complexity index is 516. The van der Waals surface area contributed by atoms with Gasteiger partial charge in [0, 0.05) is 6.54 Å². The van der Waals surface area contributed by atoms with E-state index in [1.807, 2.05) is 6.26 Å². The number of carboxylic acids is 1. The lowest BCUT2D eigenvalue weighted by Crippen LogP contribution is -2.52. The Morgan fingerprint density at radius 3 is 2.64 bits per heavy atom. The summed E-state index contributed by atoms with van der Waals surface area (Å²) >= 11 is 1.58. The minimum absolute atomic E-state index is 0.232. The Hall–Kier alpha value is -1.81. The number of hydrogen-bond acceptors (Lipinski definition) is 6. The molecule has 9 nitrogen and oxygen atoms in total. The Kier molecular flexibility index (Phi) is 8.70. The first-order valence-corrected chi connectivity index (χ1v) is 9.52. The Labute approximate surface area is 151 Å². The molecule has 0 bridgehead atoms. The fraction of sp³-hybridized carbons (Fsp3) is 0.733. The molecule has 0 spiro atoms. The molecule has 1 fully saturated rings. The van der Waals surface area contributed by atoms with Crippen molar-refractivity contribution < 1.29 is 24.3 Å². The number of nitrogens with one attached hydrogen (secondary N) is 2. The first-order valence-electron chi connectivity index (χ1n) is 8.12. The number of carbonyl (C=O) groups is 4. The van der Waals surface area contributed by atoms with Crippen LogP contribution < -0.4 is 16.4 Å². The molecule has 25 heavy (non-hydrogen) atoms. The van der Waals surface area contributed by atoms with Gasteiger partial charge in [0.15, 0.2) is 0 Å². The van der Waals surface area contributed by atoms with E-state index in [2.05, 4.69) is 10.6 Å².